The van der Waals surface area contributed by atoms with Gasteiger partial charge in [0.05, 0.1) is 5.56 Å². The summed E-state index contributed by atoms with van der Waals surface area (Å²) in [6, 6.07) is 7.87. The fraction of sp³-hybridized carbons (Fsp3) is 0.312. The van der Waals surface area contributed by atoms with Gasteiger partial charge in [-0.15, -0.1) is 11.3 Å². The summed E-state index contributed by atoms with van der Waals surface area (Å²) in [5.74, 6) is 0.775. The standard InChI is InChI=1S/C16H16N4O2S/c21-15(12-5-1-3-10-6-8-23-13(10)12)20-7-2-4-11(9-20)14-17-16(22)19-18-14/h1,3,5-6,8,11H,2,4,7,9H2,(H2,17,18,19,22)/t11-/m1/s1. The molecule has 2 N–H and O–H groups in total. The van der Waals surface area contributed by atoms with Gasteiger partial charge in [-0.2, -0.15) is 5.10 Å². The van der Waals surface area contributed by atoms with Gasteiger partial charge in [-0.1, -0.05) is 12.1 Å². The number of hydrogen-bond acceptors (Lipinski definition) is 4. The Kier molecular flexibility index (Phi) is 3.49. The summed E-state index contributed by atoms with van der Waals surface area (Å²) in [7, 11) is 0. The molecule has 0 saturated carbocycles. The monoisotopic (exact) mass is 328 g/mol. The number of piperidine rings is 1. The Balaban J connectivity index is 1.61. The van der Waals surface area contributed by atoms with Crippen molar-refractivity contribution < 1.29 is 4.79 Å². The van der Waals surface area contributed by atoms with Crippen molar-refractivity contribution >= 4 is 27.3 Å². The molecule has 1 saturated heterocycles. The molecule has 1 fully saturated rings. The van der Waals surface area contributed by atoms with E-state index >= 15 is 0 Å². The summed E-state index contributed by atoms with van der Waals surface area (Å²) in [6.07, 6.45) is 1.83. The molecule has 23 heavy (non-hydrogen) atoms. The van der Waals surface area contributed by atoms with Crippen LogP contribution in [0.15, 0.2) is 34.4 Å². The molecular formula is C16H16N4O2S. The van der Waals surface area contributed by atoms with Crippen molar-refractivity contribution in [3.8, 4) is 0 Å². The zero-order valence-electron chi connectivity index (χ0n) is 12.4. The average Bonchev–Trinajstić information content (AvgIpc) is 3.22. The first-order valence-electron chi connectivity index (χ1n) is 7.62. The summed E-state index contributed by atoms with van der Waals surface area (Å²) in [4.78, 5) is 28.7. The Labute approximate surface area is 136 Å². The minimum Gasteiger partial charge on any atom is -0.338 e. The van der Waals surface area contributed by atoms with Gasteiger partial charge in [-0.25, -0.2) is 9.89 Å². The highest BCUT2D eigenvalue weighted by atomic mass is 32.1. The lowest BCUT2D eigenvalue weighted by Crippen LogP contribution is -2.39. The first-order valence-corrected chi connectivity index (χ1v) is 8.50. The van der Waals surface area contributed by atoms with Gasteiger partial charge in [0.25, 0.3) is 5.91 Å². The second-order valence-electron chi connectivity index (χ2n) is 5.80. The van der Waals surface area contributed by atoms with Crippen molar-refractivity contribution in [2.75, 3.05) is 13.1 Å². The van der Waals surface area contributed by atoms with E-state index in [9.17, 15) is 9.59 Å². The van der Waals surface area contributed by atoms with E-state index in [1.165, 1.54) is 0 Å². The number of hydrogen-bond donors (Lipinski definition) is 2. The van der Waals surface area contributed by atoms with Gasteiger partial charge in [-0.05, 0) is 35.7 Å². The van der Waals surface area contributed by atoms with Crippen molar-refractivity contribution in [1.82, 2.24) is 20.1 Å². The maximum absolute atomic E-state index is 12.9. The highest BCUT2D eigenvalue weighted by molar-refractivity contribution is 7.17. The van der Waals surface area contributed by atoms with Crippen molar-refractivity contribution in [2.24, 2.45) is 0 Å². The third-order valence-electron chi connectivity index (χ3n) is 4.32. The van der Waals surface area contributed by atoms with Gasteiger partial charge in [0, 0.05) is 23.7 Å². The first-order chi connectivity index (χ1) is 11.2. The van der Waals surface area contributed by atoms with Crippen LogP contribution in [-0.2, 0) is 0 Å². The molecule has 118 valence electrons. The average molecular weight is 328 g/mol. The number of amides is 1. The number of aromatic nitrogens is 3. The minimum absolute atomic E-state index is 0.0561. The summed E-state index contributed by atoms with van der Waals surface area (Å²) in [5, 5.41) is 9.53. The normalized spacial score (nSPS) is 18.4. The van der Waals surface area contributed by atoms with Crippen LogP contribution in [0.1, 0.15) is 34.9 Å². The number of H-pyrrole nitrogens is 2. The maximum Gasteiger partial charge on any atom is 0.340 e. The second-order valence-corrected chi connectivity index (χ2v) is 6.71. The lowest BCUT2D eigenvalue weighted by Gasteiger charge is -2.31. The van der Waals surface area contributed by atoms with Crippen molar-refractivity contribution in [3.63, 3.8) is 0 Å². The molecule has 1 aromatic carbocycles. The van der Waals surface area contributed by atoms with Gasteiger partial charge in [0.2, 0.25) is 0 Å². The van der Waals surface area contributed by atoms with E-state index in [0.29, 0.717) is 12.4 Å². The number of carbonyl (C=O) groups is 1. The molecule has 0 aliphatic carbocycles. The molecule has 7 heteroatoms. The van der Waals surface area contributed by atoms with Gasteiger partial charge >= 0.3 is 5.69 Å². The van der Waals surface area contributed by atoms with E-state index in [0.717, 1.165) is 35.0 Å². The van der Waals surface area contributed by atoms with Gasteiger partial charge < -0.3 is 4.90 Å². The lowest BCUT2D eigenvalue weighted by atomic mass is 9.96. The maximum atomic E-state index is 12.9. The van der Waals surface area contributed by atoms with Crippen LogP contribution in [0.5, 0.6) is 0 Å². The Morgan fingerprint density at radius 2 is 2.26 bits per heavy atom. The fourth-order valence-corrected chi connectivity index (χ4v) is 4.10. The molecule has 2 aromatic heterocycles. The molecule has 3 heterocycles. The lowest BCUT2D eigenvalue weighted by molar-refractivity contribution is 0.0707. The van der Waals surface area contributed by atoms with Crippen LogP contribution < -0.4 is 5.69 Å². The molecule has 1 aliphatic rings. The number of carbonyl (C=O) groups excluding carboxylic acids is 1. The first kappa shape index (κ1) is 14.2. The zero-order chi connectivity index (χ0) is 15.8. The molecular weight excluding hydrogens is 312 g/mol. The molecule has 1 aliphatic heterocycles. The molecule has 0 bridgehead atoms. The van der Waals surface area contributed by atoms with E-state index in [2.05, 4.69) is 15.2 Å². The number of rotatable bonds is 2. The van der Waals surface area contributed by atoms with Crippen LogP contribution in [0.4, 0.5) is 0 Å². The van der Waals surface area contributed by atoms with E-state index < -0.39 is 0 Å². The number of likely N-dealkylation sites (tertiary alicyclic amines) is 1. The number of nitrogens with zero attached hydrogens (tertiary/aromatic N) is 2. The van der Waals surface area contributed by atoms with E-state index in [-0.39, 0.29) is 17.5 Å². The number of benzene rings is 1. The van der Waals surface area contributed by atoms with Gasteiger partial charge in [0.1, 0.15) is 5.82 Å². The number of nitrogens with one attached hydrogen (secondary N) is 2. The summed E-state index contributed by atoms with van der Waals surface area (Å²) >= 11 is 1.59. The molecule has 1 amide bonds. The van der Waals surface area contributed by atoms with Crippen LogP contribution in [-0.4, -0.2) is 39.1 Å². The second kappa shape index (κ2) is 5.66. The quantitative estimate of drug-likeness (QED) is 0.757. The topological polar surface area (TPSA) is 81.8 Å². The fourth-order valence-electron chi connectivity index (χ4n) is 3.19. The highest BCUT2D eigenvalue weighted by Gasteiger charge is 2.28. The van der Waals surface area contributed by atoms with E-state index in [1.807, 2.05) is 34.5 Å². The van der Waals surface area contributed by atoms with Crippen LogP contribution >= 0.6 is 11.3 Å². The van der Waals surface area contributed by atoms with Crippen LogP contribution in [0.3, 0.4) is 0 Å². The smallest absolute Gasteiger partial charge is 0.338 e. The minimum atomic E-state index is -0.299. The van der Waals surface area contributed by atoms with Gasteiger partial charge in [0.15, 0.2) is 0 Å². The third kappa shape index (κ3) is 2.57. The molecule has 6 nitrogen and oxygen atoms in total. The predicted molar refractivity (Wildman–Crippen MR) is 88.9 cm³/mol. The van der Waals surface area contributed by atoms with Crippen LogP contribution in [0.25, 0.3) is 10.1 Å². The van der Waals surface area contributed by atoms with E-state index in [4.69, 9.17) is 0 Å². The Hall–Kier alpha value is -2.41. The summed E-state index contributed by atoms with van der Waals surface area (Å²) in [6.45, 7) is 1.33. The van der Waals surface area contributed by atoms with Gasteiger partial charge in [-0.3, -0.25) is 9.78 Å². The SMILES string of the molecule is O=C(c1cccc2ccsc12)N1CCC[C@@H](c2n[nH]c(=O)[nH]2)C1. The Morgan fingerprint density at radius 1 is 1.35 bits per heavy atom. The third-order valence-corrected chi connectivity index (χ3v) is 5.29. The largest absolute Gasteiger partial charge is 0.340 e. The van der Waals surface area contributed by atoms with Crippen LogP contribution in [0.2, 0.25) is 0 Å². The number of aromatic amines is 2. The summed E-state index contributed by atoms with van der Waals surface area (Å²) < 4.78 is 1.03. The van der Waals surface area contributed by atoms with Crippen molar-refractivity contribution in [2.45, 2.75) is 18.8 Å². The number of thiophene rings is 1. The van der Waals surface area contributed by atoms with Crippen LogP contribution in [0, 0.1) is 0 Å². The Morgan fingerprint density at radius 3 is 3.09 bits per heavy atom. The summed E-state index contributed by atoms with van der Waals surface area (Å²) in [5.41, 5.74) is 0.459. The molecule has 1 atom stereocenters. The van der Waals surface area contributed by atoms with E-state index in [1.54, 1.807) is 11.3 Å². The molecule has 0 unspecified atom stereocenters. The highest BCUT2D eigenvalue weighted by Crippen LogP contribution is 2.29. The zero-order valence-corrected chi connectivity index (χ0v) is 13.2. The molecule has 0 radical (unpaired) electrons. The number of fused-ring (bicyclic) bond motifs is 1. The predicted octanol–water partition coefficient (Wildman–Crippen LogP) is 2.33. The van der Waals surface area contributed by atoms with Crippen molar-refractivity contribution in [1.29, 1.82) is 0 Å². The molecule has 3 aromatic rings. The van der Waals surface area contributed by atoms with Crippen molar-refractivity contribution in [3.05, 3.63) is 51.5 Å². The molecule has 4 rings (SSSR count). The Bertz CT molecular complexity index is 910. The molecule has 0 spiro atoms.